The van der Waals surface area contributed by atoms with Crippen LogP contribution in [0.5, 0.6) is 0 Å². The summed E-state index contributed by atoms with van der Waals surface area (Å²) >= 11 is 13.3. The normalized spacial score (nSPS) is 11.3. The maximum atomic E-state index is 13.0. The molecule has 0 spiro atoms. The summed E-state index contributed by atoms with van der Waals surface area (Å²) in [6.45, 7) is 0. The van der Waals surface area contributed by atoms with Crippen molar-refractivity contribution in [3.05, 3.63) is 74.3 Å². The summed E-state index contributed by atoms with van der Waals surface area (Å²) in [6.07, 6.45) is 1.68. The summed E-state index contributed by atoms with van der Waals surface area (Å²) < 4.78 is 13.0. The third-order valence-electron chi connectivity index (χ3n) is 3.25. The van der Waals surface area contributed by atoms with Crippen molar-refractivity contribution in [2.75, 3.05) is 0 Å². The van der Waals surface area contributed by atoms with E-state index in [2.05, 4.69) is 11.1 Å². The van der Waals surface area contributed by atoms with Crippen LogP contribution in [-0.4, -0.2) is 4.98 Å². The van der Waals surface area contributed by atoms with Gasteiger partial charge in [-0.15, -0.1) is 11.3 Å². The molecule has 0 radical (unpaired) electrons. The Kier molecular flexibility index (Phi) is 4.96. The molecule has 0 atom stereocenters. The van der Waals surface area contributed by atoms with Gasteiger partial charge in [0.2, 0.25) is 0 Å². The lowest BCUT2D eigenvalue weighted by Gasteiger charge is -1.99. The minimum Gasteiger partial charge on any atom is -0.235 e. The maximum absolute atomic E-state index is 13.0. The molecule has 24 heavy (non-hydrogen) atoms. The van der Waals surface area contributed by atoms with Gasteiger partial charge in [0.05, 0.1) is 21.3 Å². The molecule has 0 unspecified atom stereocenters. The average molecular weight is 375 g/mol. The summed E-state index contributed by atoms with van der Waals surface area (Å²) in [5.74, 6) is -0.318. The minimum atomic E-state index is -0.318. The number of benzene rings is 2. The van der Waals surface area contributed by atoms with Crippen molar-refractivity contribution in [3.63, 3.8) is 0 Å². The van der Waals surface area contributed by atoms with E-state index in [0.29, 0.717) is 26.3 Å². The number of halogens is 3. The minimum absolute atomic E-state index is 0.318. The molecule has 2 nitrogen and oxygen atoms in total. The lowest BCUT2D eigenvalue weighted by atomic mass is 10.1. The van der Waals surface area contributed by atoms with Gasteiger partial charge in [-0.25, -0.2) is 9.37 Å². The third kappa shape index (κ3) is 3.65. The Bertz CT molecular complexity index is 956. The topological polar surface area (TPSA) is 36.7 Å². The molecule has 0 fully saturated rings. The standard InChI is InChI=1S/C18H9Cl2FN2S/c19-15-6-3-12(8-16(15)20)17-10-24-18(23-17)13(9-22)7-11-1-4-14(21)5-2-11/h1-8,10H/b13-7-. The van der Waals surface area contributed by atoms with Crippen LogP contribution in [0.2, 0.25) is 10.0 Å². The number of thiazole rings is 1. The highest BCUT2D eigenvalue weighted by Gasteiger charge is 2.10. The molecular weight excluding hydrogens is 366 g/mol. The van der Waals surface area contributed by atoms with Crippen LogP contribution >= 0.6 is 34.5 Å². The Morgan fingerprint density at radius 1 is 1.12 bits per heavy atom. The Balaban J connectivity index is 1.94. The smallest absolute Gasteiger partial charge is 0.134 e. The lowest BCUT2D eigenvalue weighted by Crippen LogP contribution is -1.83. The van der Waals surface area contributed by atoms with Gasteiger partial charge in [-0.3, -0.25) is 0 Å². The molecular formula is C18H9Cl2FN2S. The van der Waals surface area contributed by atoms with Crippen molar-refractivity contribution >= 4 is 46.2 Å². The summed E-state index contributed by atoms with van der Waals surface area (Å²) in [6, 6.07) is 13.3. The molecule has 1 aromatic heterocycles. The van der Waals surface area contributed by atoms with Gasteiger partial charge in [0, 0.05) is 10.9 Å². The molecule has 1 heterocycles. The summed E-state index contributed by atoms with van der Waals surface area (Å²) in [5, 5.41) is 12.8. The van der Waals surface area contributed by atoms with Gasteiger partial charge in [-0.1, -0.05) is 41.4 Å². The van der Waals surface area contributed by atoms with E-state index in [0.717, 1.165) is 11.1 Å². The molecule has 0 N–H and O–H groups in total. The lowest BCUT2D eigenvalue weighted by molar-refractivity contribution is 0.628. The summed E-state index contributed by atoms with van der Waals surface area (Å²) in [7, 11) is 0. The number of hydrogen-bond acceptors (Lipinski definition) is 3. The second-order valence-corrected chi connectivity index (χ2v) is 6.56. The largest absolute Gasteiger partial charge is 0.235 e. The molecule has 0 aliphatic carbocycles. The van der Waals surface area contributed by atoms with Crippen LogP contribution in [0.3, 0.4) is 0 Å². The summed E-state index contributed by atoms with van der Waals surface area (Å²) in [4.78, 5) is 4.49. The average Bonchev–Trinajstić information content (AvgIpc) is 3.06. The SMILES string of the molecule is N#C/C(=C/c1ccc(F)cc1)c1nc(-c2ccc(Cl)c(Cl)c2)cs1. The predicted octanol–water partition coefficient (Wildman–Crippen LogP) is 6.32. The fraction of sp³-hybridized carbons (Fsp3) is 0. The first-order valence-corrected chi connectivity index (χ1v) is 8.49. The molecule has 2 aromatic carbocycles. The first kappa shape index (κ1) is 16.7. The number of nitriles is 1. The van der Waals surface area contributed by atoms with E-state index >= 15 is 0 Å². The van der Waals surface area contributed by atoms with E-state index in [1.807, 2.05) is 11.4 Å². The van der Waals surface area contributed by atoms with Crippen molar-refractivity contribution < 1.29 is 4.39 Å². The molecule has 6 heteroatoms. The molecule has 3 aromatic rings. The molecule has 0 bridgehead atoms. The number of allylic oxidation sites excluding steroid dienone is 1. The first-order chi connectivity index (χ1) is 11.6. The molecule has 0 aliphatic heterocycles. The van der Waals surface area contributed by atoms with Crippen molar-refractivity contribution in [2.24, 2.45) is 0 Å². The van der Waals surface area contributed by atoms with Gasteiger partial charge in [0.25, 0.3) is 0 Å². The van der Waals surface area contributed by atoms with E-state index in [-0.39, 0.29) is 5.82 Å². The molecule has 0 amide bonds. The van der Waals surface area contributed by atoms with Crippen LogP contribution in [0, 0.1) is 17.1 Å². The van der Waals surface area contributed by atoms with Gasteiger partial charge in [0.15, 0.2) is 0 Å². The van der Waals surface area contributed by atoms with Crippen molar-refractivity contribution in [1.29, 1.82) is 5.26 Å². The highest BCUT2D eigenvalue weighted by atomic mass is 35.5. The van der Waals surface area contributed by atoms with Gasteiger partial charge >= 0.3 is 0 Å². The molecule has 118 valence electrons. The van der Waals surface area contributed by atoms with E-state index < -0.39 is 0 Å². The highest BCUT2D eigenvalue weighted by Crippen LogP contribution is 2.31. The molecule has 0 aliphatic rings. The van der Waals surface area contributed by atoms with E-state index in [1.165, 1.54) is 23.5 Å². The zero-order valence-electron chi connectivity index (χ0n) is 12.1. The Morgan fingerprint density at radius 3 is 2.54 bits per heavy atom. The van der Waals surface area contributed by atoms with E-state index in [9.17, 15) is 9.65 Å². The van der Waals surface area contributed by atoms with Crippen molar-refractivity contribution in [2.45, 2.75) is 0 Å². The Morgan fingerprint density at radius 2 is 1.88 bits per heavy atom. The van der Waals surface area contributed by atoms with Gasteiger partial charge in [0.1, 0.15) is 16.9 Å². The van der Waals surface area contributed by atoms with E-state index in [4.69, 9.17) is 23.2 Å². The van der Waals surface area contributed by atoms with Gasteiger partial charge in [-0.2, -0.15) is 5.26 Å². The quantitative estimate of drug-likeness (QED) is 0.502. The fourth-order valence-corrected chi connectivity index (χ4v) is 3.15. The molecule has 0 saturated heterocycles. The first-order valence-electron chi connectivity index (χ1n) is 6.85. The van der Waals surface area contributed by atoms with Crippen LogP contribution in [0.4, 0.5) is 4.39 Å². The fourth-order valence-electron chi connectivity index (χ4n) is 2.05. The maximum Gasteiger partial charge on any atom is 0.134 e. The Hall–Kier alpha value is -2.19. The van der Waals surface area contributed by atoms with Crippen molar-refractivity contribution in [1.82, 2.24) is 4.98 Å². The van der Waals surface area contributed by atoms with Crippen LogP contribution in [0.15, 0.2) is 47.8 Å². The zero-order chi connectivity index (χ0) is 17.1. The molecule has 3 rings (SSSR count). The predicted molar refractivity (Wildman–Crippen MR) is 97.5 cm³/mol. The van der Waals surface area contributed by atoms with Crippen LogP contribution in [0.1, 0.15) is 10.6 Å². The number of rotatable bonds is 3. The Labute approximate surface area is 152 Å². The molecule has 0 saturated carbocycles. The second kappa shape index (κ2) is 7.14. The monoisotopic (exact) mass is 374 g/mol. The number of hydrogen-bond donors (Lipinski definition) is 0. The van der Waals surface area contributed by atoms with Crippen LogP contribution in [0.25, 0.3) is 22.9 Å². The number of aromatic nitrogens is 1. The third-order valence-corrected chi connectivity index (χ3v) is 4.87. The number of nitrogens with zero attached hydrogens (tertiary/aromatic N) is 2. The van der Waals surface area contributed by atoms with E-state index in [1.54, 1.807) is 30.3 Å². The second-order valence-electron chi connectivity index (χ2n) is 4.89. The van der Waals surface area contributed by atoms with Gasteiger partial charge < -0.3 is 0 Å². The van der Waals surface area contributed by atoms with Gasteiger partial charge in [-0.05, 0) is 35.9 Å². The zero-order valence-corrected chi connectivity index (χ0v) is 14.5. The summed E-state index contributed by atoms with van der Waals surface area (Å²) in [5.41, 5.74) is 2.69. The highest BCUT2D eigenvalue weighted by molar-refractivity contribution is 7.11. The van der Waals surface area contributed by atoms with Crippen LogP contribution in [-0.2, 0) is 0 Å². The van der Waals surface area contributed by atoms with Crippen molar-refractivity contribution in [3.8, 4) is 17.3 Å². The van der Waals surface area contributed by atoms with Crippen LogP contribution < -0.4 is 0 Å².